The number of aromatic nitrogens is 2. The van der Waals surface area contributed by atoms with E-state index >= 15 is 0 Å². The van der Waals surface area contributed by atoms with Gasteiger partial charge in [0.2, 0.25) is 5.88 Å². The third kappa shape index (κ3) is 4.12. The van der Waals surface area contributed by atoms with Crippen LogP contribution in [0.4, 0.5) is 0 Å². The minimum absolute atomic E-state index is 0.145. The fraction of sp³-hybridized carbons (Fsp3) is 0.333. The molecule has 0 aliphatic carbocycles. The van der Waals surface area contributed by atoms with Gasteiger partial charge < -0.3 is 14.5 Å². The Balaban J connectivity index is 1.86. The van der Waals surface area contributed by atoms with E-state index in [0.29, 0.717) is 24.9 Å². The summed E-state index contributed by atoms with van der Waals surface area (Å²) in [6, 6.07) is 10.8. The highest BCUT2D eigenvalue weighted by Gasteiger charge is 2.05. The molecular formula is C15H18N2O3. The van der Waals surface area contributed by atoms with Gasteiger partial charge in [0, 0.05) is 5.92 Å². The van der Waals surface area contributed by atoms with Crippen molar-refractivity contribution in [2.45, 2.75) is 19.8 Å². The first-order chi connectivity index (χ1) is 9.65. The molecule has 0 aliphatic heterocycles. The van der Waals surface area contributed by atoms with Gasteiger partial charge in [-0.1, -0.05) is 32.0 Å². The molecule has 0 bridgehead atoms. The second kappa shape index (κ2) is 6.75. The summed E-state index contributed by atoms with van der Waals surface area (Å²) in [7, 11) is 0. The Morgan fingerprint density at radius 3 is 2.55 bits per heavy atom. The Hall–Kier alpha value is -2.30. The van der Waals surface area contributed by atoms with E-state index in [2.05, 4.69) is 9.97 Å². The lowest BCUT2D eigenvalue weighted by atomic mass is 10.2. The molecule has 0 atom stereocenters. The molecule has 0 saturated heterocycles. The van der Waals surface area contributed by atoms with E-state index in [0.717, 1.165) is 5.75 Å². The van der Waals surface area contributed by atoms with Crippen molar-refractivity contribution in [3.05, 3.63) is 52.6 Å². The lowest BCUT2D eigenvalue weighted by Crippen LogP contribution is -2.15. The summed E-state index contributed by atoms with van der Waals surface area (Å²) < 4.78 is 10.9. The van der Waals surface area contributed by atoms with Crippen LogP contribution in [0.3, 0.4) is 0 Å². The third-order valence-electron chi connectivity index (χ3n) is 2.63. The minimum Gasteiger partial charge on any atom is -0.490 e. The van der Waals surface area contributed by atoms with Crippen molar-refractivity contribution in [3.63, 3.8) is 0 Å². The molecule has 0 saturated carbocycles. The first-order valence-corrected chi connectivity index (χ1v) is 6.57. The van der Waals surface area contributed by atoms with Crippen LogP contribution < -0.4 is 15.0 Å². The maximum absolute atomic E-state index is 11.5. The van der Waals surface area contributed by atoms with Crippen molar-refractivity contribution < 1.29 is 9.47 Å². The second-order valence-electron chi connectivity index (χ2n) is 4.63. The molecule has 0 radical (unpaired) electrons. The van der Waals surface area contributed by atoms with Gasteiger partial charge in [-0.15, -0.1) is 0 Å². The van der Waals surface area contributed by atoms with Crippen LogP contribution in [-0.2, 0) is 0 Å². The van der Waals surface area contributed by atoms with Gasteiger partial charge >= 0.3 is 0 Å². The van der Waals surface area contributed by atoms with E-state index in [-0.39, 0.29) is 11.5 Å². The minimum atomic E-state index is -0.206. The van der Waals surface area contributed by atoms with Crippen LogP contribution in [-0.4, -0.2) is 23.2 Å². The Kier molecular flexibility index (Phi) is 4.76. The van der Waals surface area contributed by atoms with Crippen LogP contribution in [0, 0.1) is 0 Å². The summed E-state index contributed by atoms with van der Waals surface area (Å²) in [6.07, 6.45) is 0. The van der Waals surface area contributed by atoms with E-state index < -0.39 is 0 Å². The normalized spacial score (nSPS) is 10.6. The smallest absolute Gasteiger partial charge is 0.254 e. The maximum atomic E-state index is 11.5. The number of H-pyrrole nitrogens is 1. The summed E-state index contributed by atoms with van der Waals surface area (Å²) in [4.78, 5) is 18.4. The van der Waals surface area contributed by atoms with E-state index in [9.17, 15) is 4.79 Å². The fourth-order valence-corrected chi connectivity index (χ4v) is 1.62. The highest BCUT2D eigenvalue weighted by atomic mass is 16.5. The lowest BCUT2D eigenvalue weighted by Gasteiger charge is -2.09. The van der Waals surface area contributed by atoms with Crippen LogP contribution in [0.2, 0.25) is 0 Å². The van der Waals surface area contributed by atoms with Crippen molar-refractivity contribution in [1.29, 1.82) is 0 Å². The third-order valence-corrected chi connectivity index (χ3v) is 2.63. The van der Waals surface area contributed by atoms with E-state index in [1.165, 1.54) is 6.07 Å². The quantitative estimate of drug-likeness (QED) is 0.821. The van der Waals surface area contributed by atoms with Crippen molar-refractivity contribution in [2.75, 3.05) is 13.2 Å². The lowest BCUT2D eigenvalue weighted by molar-refractivity contribution is 0.211. The number of aromatic amines is 1. The van der Waals surface area contributed by atoms with Gasteiger partial charge in [0.05, 0.1) is 6.07 Å². The van der Waals surface area contributed by atoms with E-state index in [4.69, 9.17) is 9.47 Å². The first kappa shape index (κ1) is 14.1. The zero-order chi connectivity index (χ0) is 14.4. The van der Waals surface area contributed by atoms with Crippen LogP contribution in [0.5, 0.6) is 11.6 Å². The van der Waals surface area contributed by atoms with Gasteiger partial charge in [-0.3, -0.25) is 4.79 Å². The van der Waals surface area contributed by atoms with Crippen molar-refractivity contribution in [2.24, 2.45) is 0 Å². The average Bonchev–Trinajstić information content (AvgIpc) is 2.44. The molecule has 106 valence electrons. The van der Waals surface area contributed by atoms with Gasteiger partial charge in [0.15, 0.2) is 0 Å². The summed E-state index contributed by atoms with van der Waals surface area (Å²) >= 11 is 0. The van der Waals surface area contributed by atoms with Crippen LogP contribution in [0.1, 0.15) is 25.6 Å². The second-order valence-corrected chi connectivity index (χ2v) is 4.63. The SMILES string of the molecule is CC(C)c1nc(OCCOc2ccccc2)cc(=O)[nH]1. The number of para-hydroxylation sites is 1. The Morgan fingerprint density at radius 2 is 1.85 bits per heavy atom. The largest absolute Gasteiger partial charge is 0.490 e. The molecule has 0 fully saturated rings. The molecule has 20 heavy (non-hydrogen) atoms. The summed E-state index contributed by atoms with van der Waals surface area (Å²) in [5, 5.41) is 0. The Labute approximate surface area is 117 Å². The monoisotopic (exact) mass is 274 g/mol. The Bertz CT molecular complexity index is 594. The molecule has 1 aromatic heterocycles. The summed E-state index contributed by atoms with van der Waals surface area (Å²) in [5.41, 5.74) is -0.206. The van der Waals surface area contributed by atoms with Crippen LogP contribution >= 0.6 is 0 Å². The molecule has 0 amide bonds. The molecule has 1 heterocycles. The summed E-state index contributed by atoms with van der Waals surface area (Å²) in [5.74, 6) is 1.88. The number of ether oxygens (including phenoxy) is 2. The van der Waals surface area contributed by atoms with Gasteiger partial charge in [-0.2, -0.15) is 4.98 Å². The predicted octanol–water partition coefficient (Wildman–Crippen LogP) is 2.35. The standard InChI is InChI=1S/C15H18N2O3/c1-11(2)15-16-13(18)10-14(17-15)20-9-8-19-12-6-4-3-5-7-12/h3-7,10-11H,8-9H2,1-2H3,(H,16,17,18). The highest BCUT2D eigenvalue weighted by molar-refractivity contribution is 5.20. The Morgan fingerprint density at radius 1 is 1.15 bits per heavy atom. The average molecular weight is 274 g/mol. The van der Waals surface area contributed by atoms with Crippen molar-refractivity contribution in [1.82, 2.24) is 9.97 Å². The molecule has 2 aromatic rings. The first-order valence-electron chi connectivity index (χ1n) is 6.57. The molecule has 5 nitrogen and oxygen atoms in total. The molecule has 5 heteroatoms. The molecule has 1 N–H and O–H groups in total. The summed E-state index contributed by atoms with van der Waals surface area (Å²) in [6.45, 7) is 4.65. The van der Waals surface area contributed by atoms with Crippen LogP contribution in [0.15, 0.2) is 41.2 Å². The highest BCUT2D eigenvalue weighted by Crippen LogP contribution is 2.11. The van der Waals surface area contributed by atoms with Crippen LogP contribution in [0.25, 0.3) is 0 Å². The van der Waals surface area contributed by atoms with Crippen molar-refractivity contribution >= 4 is 0 Å². The number of benzene rings is 1. The van der Waals surface area contributed by atoms with E-state index in [1.807, 2.05) is 44.2 Å². The molecule has 2 rings (SSSR count). The maximum Gasteiger partial charge on any atom is 0.254 e. The topological polar surface area (TPSA) is 64.2 Å². The van der Waals surface area contributed by atoms with E-state index in [1.54, 1.807) is 0 Å². The number of hydrogen-bond donors (Lipinski definition) is 1. The molecular weight excluding hydrogens is 256 g/mol. The van der Waals surface area contributed by atoms with Gasteiger partial charge in [0.25, 0.3) is 5.56 Å². The van der Waals surface area contributed by atoms with Gasteiger partial charge in [-0.05, 0) is 12.1 Å². The van der Waals surface area contributed by atoms with Gasteiger partial charge in [0.1, 0.15) is 24.8 Å². The predicted molar refractivity (Wildman–Crippen MR) is 76.4 cm³/mol. The number of hydrogen-bond acceptors (Lipinski definition) is 4. The molecule has 0 aliphatic rings. The zero-order valence-electron chi connectivity index (χ0n) is 11.6. The van der Waals surface area contributed by atoms with Gasteiger partial charge in [-0.25, -0.2) is 0 Å². The molecule has 1 aromatic carbocycles. The number of rotatable bonds is 6. The number of nitrogens with zero attached hydrogens (tertiary/aromatic N) is 1. The number of nitrogens with one attached hydrogen (secondary N) is 1. The van der Waals surface area contributed by atoms with Crippen molar-refractivity contribution in [3.8, 4) is 11.6 Å². The molecule has 0 spiro atoms. The fourth-order valence-electron chi connectivity index (χ4n) is 1.62. The zero-order valence-corrected chi connectivity index (χ0v) is 11.6. The molecule has 0 unspecified atom stereocenters.